The molecule has 1 aliphatic rings. The second-order valence-corrected chi connectivity index (χ2v) is 5.32. The van der Waals surface area contributed by atoms with Crippen LogP contribution in [0, 0.1) is 11.7 Å². The molecule has 0 amide bonds. The van der Waals surface area contributed by atoms with Gasteiger partial charge in [-0.15, -0.1) is 11.8 Å². The largest absolute Gasteiger partial charge is 0.399 e. The molecule has 1 fully saturated rings. The predicted octanol–water partition coefficient (Wildman–Crippen LogP) is 2.50. The molecule has 1 saturated heterocycles. The number of piperidine rings is 1. The molecule has 0 spiro atoms. The van der Waals surface area contributed by atoms with Crippen molar-refractivity contribution in [2.45, 2.75) is 17.7 Å². The summed E-state index contributed by atoms with van der Waals surface area (Å²) in [5, 5.41) is 3.34. The molecule has 2 nitrogen and oxygen atoms in total. The Morgan fingerprint density at radius 1 is 1.31 bits per heavy atom. The highest BCUT2D eigenvalue weighted by atomic mass is 32.2. The summed E-state index contributed by atoms with van der Waals surface area (Å²) >= 11 is 1.71. The van der Waals surface area contributed by atoms with Crippen LogP contribution in [0.2, 0.25) is 0 Å². The number of rotatable bonds is 3. The van der Waals surface area contributed by atoms with Crippen molar-refractivity contribution >= 4 is 17.4 Å². The van der Waals surface area contributed by atoms with Crippen molar-refractivity contribution in [3.05, 3.63) is 24.0 Å². The summed E-state index contributed by atoms with van der Waals surface area (Å²) in [5.74, 6) is 1.56. The summed E-state index contributed by atoms with van der Waals surface area (Å²) in [6.07, 6.45) is 2.44. The second kappa shape index (κ2) is 5.55. The zero-order valence-corrected chi connectivity index (χ0v) is 10.0. The third-order valence-electron chi connectivity index (χ3n) is 2.84. The van der Waals surface area contributed by atoms with Crippen molar-refractivity contribution in [2.75, 3.05) is 24.6 Å². The van der Waals surface area contributed by atoms with Crippen LogP contribution in [-0.4, -0.2) is 18.8 Å². The molecule has 4 heteroatoms. The molecule has 0 radical (unpaired) electrons. The van der Waals surface area contributed by atoms with E-state index >= 15 is 0 Å². The number of halogens is 1. The topological polar surface area (TPSA) is 38.0 Å². The maximum atomic E-state index is 13.1. The summed E-state index contributed by atoms with van der Waals surface area (Å²) < 4.78 is 13.1. The van der Waals surface area contributed by atoms with Crippen LogP contribution in [0.3, 0.4) is 0 Å². The number of nitrogen functional groups attached to an aromatic ring is 1. The summed E-state index contributed by atoms with van der Waals surface area (Å²) in [6.45, 7) is 2.22. The fraction of sp³-hybridized carbons (Fsp3) is 0.500. The maximum Gasteiger partial charge on any atom is 0.126 e. The SMILES string of the molecule is Nc1cc(F)cc(SCC2CCNCC2)c1. The predicted molar refractivity (Wildman–Crippen MR) is 67.1 cm³/mol. The summed E-state index contributed by atoms with van der Waals surface area (Å²) in [7, 11) is 0. The van der Waals surface area contributed by atoms with Gasteiger partial charge in [0.2, 0.25) is 0 Å². The van der Waals surface area contributed by atoms with E-state index in [0.29, 0.717) is 5.69 Å². The van der Waals surface area contributed by atoms with Crippen LogP contribution in [0.4, 0.5) is 10.1 Å². The number of nitrogens with two attached hydrogens (primary N) is 1. The fourth-order valence-corrected chi connectivity index (χ4v) is 3.11. The number of benzene rings is 1. The molecule has 88 valence electrons. The maximum absolute atomic E-state index is 13.1. The van der Waals surface area contributed by atoms with E-state index in [9.17, 15) is 4.39 Å². The Bertz CT molecular complexity index is 331. The number of hydrogen-bond donors (Lipinski definition) is 2. The van der Waals surface area contributed by atoms with Gasteiger partial charge in [0.15, 0.2) is 0 Å². The first-order chi connectivity index (χ1) is 7.74. The summed E-state index contributed by atoms with van der Waals surface area (Å²) in [4.78, 5) is 0.941. The lowest BCUT2D eigenvalue weighted by molar-refractivity contribution is 0.408. The van der Waals surface area contributed by atoms with Crippen molar-refractivity contribution in [1.29, 1.82) is 0 Å². The van der Waals surface area contributed by atoms with E-state index in [0.717, 1.165) is 29.7 Å². The molecule has 1 aliphatic heterocycles. The smallest absolute Gasteiger partial charge is 0.126 e. The van der Waals surface area contributed by atoms with Crippen LogP contribution in [0.15, 0.2) is 23.1 Å². The molecule has 1 heterocycles. The zero-order chi connectivity index (χ0) is 11.4. The van der Waals surface area contributed by atoms with Crippen LogP contribution < -0.4 is 11.1 Å². The molecule has 1 aromatic rings. The molecule has 3 N–H and O–H groups in total. The Balaban J connectivity index is 1.88. The number of hydrogen-bond acceptors (Lipinski definition) is 3. The minimum Gasteiger partial charge on any atom is -0.399 e. The second-order valence-electron chi connectivity index (χ2n) is 4.22. The molecule has 0 bridgehead atoms. The van der Waals surface area contributed by atoms with E-state index in [1.807, 2.05) is 6.07 Å². The lowest BCUT2D eigenvalue weighted by atomic mass is 10.0. The van der Waals surface area contributed by atoms with Crippen molar-refractivity contribution in [3.8, 4) is 0 Å². The molecule has 0 atom stereocenters. The average molecular weight is 240 g/mol. The van der Waals surface area contributed by atoms with E-state index < -0.39 is 0 Å². The van der Waals surface area contributed by atoms with Crippen molar-refractivity contribution in [1.82, 2.24) is 5.32 Å². The molecule has 1 aromatic carbocycles. The van der Waals surface area contributed by atoms with Gasteiger partial charge < -0.3 is 11.1 Å². The van der Waals surface area contributed by atoms with Gasteiger partial charge in [0.25, 0.3) is 0 Å². The van der Waals surface area contributed by atoms with Gasteiger partial charge in [0, 0.05) is 16.3 Å². The van der Waals surface area contributed by atoms with Crippen LogP contribution >= 0.6 is 11.8 Å². The Hall–Kier alpha value is -0.740. The van der Waals surface area contributed by atoms with Gasteiger partial charge in [0.05, 0.1) is 0 Å². The van der Waals surface area contributed by atoms with Gasteiger partial charge in [-0.3, -0.25) is 0 Å². The Labute approximate surface area is 99.8 Å². The van der Waals surface area contributed by atoms with Crippen LogP contribution in [0.5, 0.6) is 0 Å². The van der Waals surface area contributed by atoms with Gasteiger partial charge in [0.1, 0.15) is 5.82 Å². The molecule has 0 aromatic heterocycles. The first kappa shape index (κ1) is 11.7. The standard InChI is InChI=1S/C12H17FN2S/c13-10-5-11(14)7-12(6-10)16-8-9-1-3-15-4-2-9/h5-7,9,15H,1-4,8,14H2. The fourth-order valence-electron chi connectivity index (χ4n) is 1.93. The van der Waals surface area contributed by atoms with E-state index in [1.54, 1.807) is 17.8 Å². The minimum atomic E-state index is -0.243. The number of anilines is 1. The molecule has 16 heavy (non-hydrogen) atoms. The van der Waals surface area contributed by atoms with Gasteiger partial charge in [-0.2, -0.15) is 0 Å². The Kier molecular flexibility index (Phi) is 4.07. The molecule has 0 aliphatic carbocycles. The zero-order valence-electron chi connectivity index (χ0n) is 9.21. The van der Waals surface area contributed by atoms with Gasteiger partial charge in [-0.25, -0.2) is 4.39 Å². The van der Waals surface area contributed by atoms with Crippen LogP contribution in [0.25, 0.3) is 0 Å². The van der Waals surface area contributed by atoms with E-state index in [4.69, 9.17) is 5.73 Å². The lowest BCUT2D eigenvalue weighted by Gasteiger charge is -2.22. The lowest BCUT2D eigenvalue weighted by Crippen LogP contribution is -2.28. The normalized spacial score (nSPS) is 17.6. The monoisotopic (exact) mass is 240 g/mol. The van der Waals surface area contributed by atoms with Crippen molar-refractivity contribution < 1.29 is 4.39 Å². The van der Waals surface area contributed by atoms with Crippen molar-refractivity contribution in [2.24, 2.45) is 5.92 Å². The molecular formula is C12H17FN2S. The molecule has 0 saturated carbocycles. The quantitative estimate of drug-likeness (QED) is 0.630. The van der Waals surface area contributed by atoms with Crippen molar-refractivity contribution in [3.63, 3.8) is 0 Å². The molecule has 0 unspecified atom stereocenters. The van der Waals surface area contributed by atoms with Crippen LogP contribution in [0.1, 0.15) is 12.8 Å². The van der Waals surface area contributed by atoms with E-state index in [2.05, 4.69) is 5.32 Å². The van der Waals surface area contributed by atoms with Gasteiger partial charge in [-0.05, 0) is 50.0 Å². The minimum absolute atomic E-state index is 0.243. The van der Waals surface area contributed by atoms with E-state index in [-0.39, 0.29) is 5.82 Å². The molecule has 2 rings (SSSR count). The molecular weight excluding hydrogens is 223 g/mol. The highest BCUT2D eigenvalue weighted by molar-refractivity contribution is 7.99. The van der Waals surface area contributed by atoms with Gasteiger partial charge in [-0.1, -0.05) is 0 Å². The number of nitrogens with one attached hydrogen (secondary N) is 1. The van der Waals surface area contributed by atoms with Gasteiger partial charge >= 0.3 is 0 Å². The Morgan fingerprint density at radius 2 is 2.06 bits per heavy atom. The third kappa shape index (κ3) is 3.39. The Morgan fingerprint density at radius 3 is 2.75 bits per heavy atom. The third-order valence-corrected chi connectivity index (χ3v) is 4.05. The highest BCUT2D eigenvalue weighted by Crippen LogP contribution is 2.26. The van der Waals surface area contributed by atoms with Crippen LogP contribution in [-0.2, 0) is 0 Å². The first-order valence-electron chi connectivity index (χ1n) is 5.63. The first-order valence-corrected chi connectivity index (χ1v) is 6.62. The summed E-state index contributed by atoms with van der Waals surface area (Å²) in [5.41, 5.74) is 6.11. The highest BCUT2D eigenvalue weighted by Gasteiger charge is 2.13. The summed E-state index contributed by atoms with van der Waals surface area (Å²) in [6, 6.07) is 4.76. The average Bonchev–Trinajstić information content (AvgIpc) is 2.27. The number of thioether (sulfide) groups is 1. The van der Waals surface area contributed by atoms with E-state index in [1.165, 1.54) is 18.9 Å².